The molecule has 0 aliphatic heterocycles. The first-order valence-corrected chi connectivity index (χ1v) is 7.05. The number of hydrogen-bond donors (Lipinski definition) is 2. The zero-order valence-electron chi connectivity index (χ0n) is 8.86. The summed E-state index contributed by atoms with van der Waals surface area (Å²) >= 11 is 3.06. The first kappa shape index (κ1) is 14.3. The first-order valence-electron chi connectivity index (χ1n) is 4.77. The van der Waals surface area contributed by atoms with Crippen LogP contribution < -0.4 is 10.5 Å². The van der Waals surface area contributed by atoms with E-state index in [1.807, 2.05) is 0 Å². The lowest BCUT2D eigenvalue weighted by Crippen LogP contribution is -2.24. The molecule has 3 N–H and O–H groups in total. The molecule has 0 radical (unpaired) electrons. The van der Waals surface area contributed by atoms with Gasteiger partial charge in [-0.2, -0.15) is 0 Å². The number of sulfonamides is 1. The van der Waals surface area contributed by atoms with E-state index in [-0.39, 0.29) is 11.4 Å². The van der Waals surface area contributed by atoms with Crippen LogP contribution in [0.2, 0.25) is 0 Å². The number of nitrogens with two attached hydrogens (primary N) is 1. The molecule has 0 spiro atoms. The summed E-state index contributed by atoms with van der Waals surface area (Å²) in [6, 6.07) is 3.77. The Bertz CT molecular complexity index is 517. The maximum Gasteiger partial charge on any atom is 0.243 e. The van der Waals surface area contributed by atoms with Gasteiger partial charge in [-0.1, -0.05) is 28.1 Å². The number of halogens is 2. The Balaban J connectivity index is 2.86. The molecule has 0 aliphatic rings. The highest BCUT2D eigenvalue weighted by Gasteiger charge is 2.17. The van der Waals surface area contributed by atoms with Gasteiger partial charge in [-0.25, -0.2) is 17.5 Å². The van der Waals surface area contributed by atoms with E-state index in [9.17, 15) is 12.8 Å². The third-order valence-corrected chi connectivity index (χ3v) is 3.83. The predicted molar refractivity (Wildman–Crippen MR) is 67.5 cm³/mol. The second-order valence-electron chi connectivity index (χ2n) is 3.13. The lowest BCUT2D eigenvalue weighted by molar-refractivity contribution is 0.559. The standard InChI is InChI=1S/C10H12BrFN2O2S/c11-8-3-4-10(9(12)7-8)17(15,16)14-6-2-1-5-13/h1-4,7,14H,5-6,13H2/b2-1+. The van der Waals surface area contributed by atoms with Crippen molar-refractivity contribution in [2.24, 2.45) is 5.73 Å². The van der Waals surface area contributed by atoms with Gasteiger partial charge in [0, 0.05) is 17.6 Å². The van der Waals surface area contributed by atoms with Gasteiger partial charge in [-0.15, -0.1) is 0 Å². The zero-order chi connectivity index (χ0) is 12.9. The third-order valence-electron chi connectivity index (χ3n) is 1.88. The van der Waals surface area contributed by atoms with E-state index in [0.29, 0.717) is 11.0 Å². The quantitative estimate of drug-likeness (QED) is 0.804. The summed E-state index contributed by atoms with van der Waals surface area (Å²) in [4.78, 5) is -0.373. The van der Waals surface area contributed by atoms with Crippen molar-refractivity contribution in [2.75, 3.05) is 13.1 Å². The fourth-order valence-corrected chi connectivity index (χ4v) is 2.48. The Kier molecular flexibility index (Phi) is 5.26. The number of benzene rings is 1. The highest BCUT2D eigenvalue weighted by Crippen LogP contribution is 2.18. The lowest BCUT2D eigenvalue weighted by atomic mass is 10.3. The number of hydrogen-bond acceptors (Lipinski definition) is 3. The van der Waals surface area contributed by atoms with Crippen LogP contribution in [0.15, 0.2) is 39.7 Å². The molecule has 0 aromatic heterocycles. The summed E-state index contributed by atoms with van der Waals surface area (Å²) < 4.78 is 39.6. The van der Waals surface area contributed by atoms with E-state index in [1.54, 1.807) is 12.2 Å². The second kappa shape index (κ2) is 6.25. The second-order valence-corrected chi connectivity index (χ2v) is 5.78. The van der Waals surface area contributed by atoms with Crippen molar-refractivity contribution in [3.63, 3.8) is 0 Å². The molecule has 0 fully saturated rings. The molecule has 0 aliphatic carbocycles. The van der Waals surface area contributed by atoms with Gasteiger partial charge in [0.05, 0.1) is 0 Å². The molecule has 0 saturated heterocycles. The lowest BCUT2D eigenvalue weighted by Gasteiger charge is -2.05. The van der Waals surface area contributed by atoms with Crippen molar-refractivity contribution in [3.8, 4) is 0 Å². The van der Waals surface area contributed by atoms with Crippen LogP contribution in [-0.4, -0.2) is 21.5 Å². The highest BCUT2D eigenvalue weighted by molar-refractivity contribution is 9.10. The van der Waals surface area contributed by atoms with Crippen LogP contribution in [0.4, 0.5) is 4.39 Å². The average molecular weight is 323 g/mol. The van der Waals surface area contributed by atoms with Crippen molar-refractivity contribution in [1.82, 2.24) is 4.72 Å². The van der Waals surface area contributed by atoms with E-state index in [4.69, 9.17) is 5.73 Å². The van der Waals surface area contributed by atoms with E-state index >= 15 is 0 Å². The molecule has 1 rings (SSSR count). The van der Waals surface area contributed by atoms with Crippen LogP contribution in [0.25, 0.3) is 0 Å². The average Bonchev–Trinajstić information content (AvgIpc) is 2.24. The minimum atomic E-state index is -3.83. The van der Waals surface area contributed by atoms with E-state index < -0.39 is 15.8 Å². The Morgan fingerprint density at radius 2 is 2.12 bits per heavy atom. The fraction of sp³-hybridized carbons (Fsp3) is 0.200. The van der Waals surface area contributed by atoms with Crippen LogP contribution in [0.1, 0.15) is 0 Å². The maximum atomic E-state index is 13.4. The largest absolute Gasteiger partial charge is 0.327 e. The van der Waals surface area contributed by atoms with Gasteiger partial charge >= 0.3 is 0 Å². The van der Waals surface area contributed by atoms with Gasteiger partial charge in [-0.05, 0) is 18.2 Å². The summed E-state index contributed by atoms with van der Waals surface area (Å²) in [5.74, 6) is -0.797. The van der Waals surface area contributed by atoms with Crippen molar-refractivity contribution in [3.05, 3.63) is 40.6 Å². The Labute approximate surface area is 108 Å². The molecule has 0 saturated carbocycles. The van der Waals surface area contributed by atoms with Crippen LogP contribution in [-0.2, 0) is 10.0 Å². The van der Waals surface area contributed by atoms with Crippen molar-refractivity contribution >= 4 is 26.0 Å². The van der Waals surface area contributed by atoms with Gasteiger partial charge in [0.1, 0.15) is 10.7 Å². The summed E-state index contributed by atoms with van der Waals surface area (Å²) in [5.41, 5.74) is 5.20. The first-order chi connectivity index (χ1) is 7.97. The molecule has 7 heteroatoms. The van der Waals surface area contributed by atoms with Crippen molar-refractivity contribution in [1.29, 1.82) is 0 Å². The van der Waals surface area contributed by atoms with Gasteiger partial charge in [0.2, 0.25) is 10.0 Å². The molecule has 0 amide bonds. The third kappa shape index (κ3) is 4.19. The van der Waals surface area contributed by atoms with Gasteiger partial charge in [-0.3, -0.25) is 0 Å². The van der Waals surface area contributed by atoms with Crippen LogP contribution in [0.5, 0.6) is 0 Å². The molecule has 0 bridgehead atoms. The zero-order valence-corrected chi connectivity index (χ0v) is 11.3. The Hall–Kier alpha value is -0.760. The molecule has 4 nitrogen and oxygen atoms in total. The van der Waals surface area contributed by atoms with Crippen LogP contribution in [0.3, 0.4) is 0 Å². The molecule has 1 aromatic carbocycles. The smallest absolute Gasteiger partial charge is 0.243 e. The predicted octanol–water partition coefficient (Wildman–Crippen LogP) is 1.38. The van der Waals surface area contributed by atoms with Crippen LogP contribution >= 0.6 is 15.9 Å². The number of rotatable bonds is 5. The normalized spacial score (nSPS) is 12.2. The summed E-state index contributed by atoms with van der Waals surface area (Å²) in [6.07, 6.45) is 3.18. The van der Waals surface area contributed by atoms with Crippen LogP contribution in [0, 0.1) is 5.82 Å². The highest BCUT2D eigenvalue weighted by atomic mass is 79.9. The summed E-state index contributed by atoms with van der Waals surface area (Å²) in [5, 5.41) is 0. The molecule has 0 heterocycles. The molecular formula is C10H12BrFN2O2S. The number of nitrogens with one attached hydrogen (secondary N) is 1. The Morgan fingerprint density at radius 1 is 1.41 bits per heavy atom. The van der Waals surface area contributed by atoms with Crippen molar-refractivity contribution in [2.45, 2.75) is 4.90 Å². The van der Waals surface area contributed by atoms with Crippen molar-refractivity contribution < 1.29 is 12.8 Å². The monoisotopic (exact) mass is 322 g/mol. The topological polar surface area (TPSA) is 72.2 Å². The molecule has 0 atom stereocenters. The Morgan fingerprint density at radius 3 is 2.71 bits per heavy atom. The maximum absolute atomic E-state index is 13.4. The van der Waals surface area contributed by atoms with Gasteiger partial charge < -0.3 is 5.73 Å². The molecule has 94 valence electrons. The SMILES string of the molecule is NC/C=C/CNS(=O)(=O)c1ccc(Br)cc1F. The van der Waals surface area contributed by atoms with E-state index in [2.05, 4.69) is 20.7 Å². The summed E-state index contributed by atoms with van der Waals surface area (Å²) in [7, 11) is -3.83. The summed E-state index contributed by atoms with van der Waals surface area (Å²) in [6.45, 7) is 0.406. The molecular weight excluding hydrogens is 311 g/mol. The molecule has 1 aromatic rings. The minimum Gasteiger partial charge on any atom is -0.327 e. The fourth-order valence-electron chi connectivity index (χ4n) is 1.11. The van der Waals surface area contributed by atoms with Gasteiger partial charge in [0.25, 0.3) is 0 Å². The van der Waals surface area contributed by atoms with E-state index in [1.165, 1.54) is 12.1 Å². The molecule has 0 unspecified atom stereocenters. The molecule has 17 heavy (non-hydrogen) atoms. The van der Waals surface area contributed by atoms with E-state index in [0.717, 1.165) is 6.07 Å². The van der Waals surface area contributed by atoms with Gasteiger partial charge in [0.15, 0.2) is 0 Å². The minimum absolute atomic E-state index is 0.0784.